The molecule has 3 unspecified atom stereocenters. The van der Waals surface area contributed by atoms with E-state index in [1.807, 2.05) is 13.8 Å². The molecule has 1 N–H and O–H groups in total. The molecule has 4 atom stereocenters. The average molecular weight is 509 g/mol. The number of nitrogens with one attached hydrogen (secondary N) is 1. The van der Waals surface area contributed by atoms with Crippen LogP contribution in [0.4, 0.5) is 5.95 Å². The Morgan fingerprint density at radius 3 is 2.41 bits per heavy atom. The SMILES string of the molecule is COc1ncnc(OC)c1-n1c(N[S+]([O-])[C@@H](C)C(C)c2ncc(Cl)cn2)nnc1C1CCOC1. The molecule has 14 heteroatoms. The van der Waals surface area contributed by atoms with Gasteiger partial charge in [-0.25, -0.2) is 9.97 Å². The number of rotatable bonds is 9. The van der Waals surface area contributed by atoms with Crippen molar-refractivity contribution in [1.29, 1.82) is 0 Å². The lowest BCUT2D eigenvalue weighted by Crippen LogP contribution is -2.31. The highest BCUT2D eigenvalue weighted by Gasteiger charge is 2.34. The second-order valence-corrected chi connectivity index (χ2v) is 9.65. The summed E-state index contributed by atoms with van der Waals surface area (Å²) in [6, 6.07) is 0. The molecule has 0 aromatic carbocycles. The van der Waals surface area contributed by atoms with E-state index in [0.717, 1.165) is 6.42 Å². The third-order valence-electron chi connectivity index (χ3n) is 5.63. The third-order valence-corrected chi connectivity index (χ3v) is 7.29. The molecule has 1 saturated heterocycles. The summed E-state index contributed by atoms with van der Waals surface area (Å²) in [5, 5.41) is 8.74. The van der Waals surface area contributed by atoms with Gasteiger partial charge in [0.25, 0.3) is 5.95 Å². The summed E-state index contributed by atoms with van der Waals surface area (Å²) < 4.78 is 34.5. The van der Waals surface area contributed by atoms with Gasteiger partial charge in [0.2, 0.25) is 11.8 Å². The summed E-state index contributed by atoms with van der Waals surface area (Å²) in [7, 11) is 2.99. The number of aromatic nitrogens is 7. The molecule has 1 aliphatic heterocycles. The van der Waals surface area contributed by atoms with E-state index in [-0.39, 0.29) is 34.8 Å². The van der Waals surface area contributed by atoms with Crippen LogP contribution in [0.15, 0.2) is 18.7 Å². The van der Waals surface area contributed by atoms with E-state index in [2.05, 4.69) is 34.9 Å². The Bertz CT molecular complexity index is 1090. The molecule has 3 aromatic rings. The Morgan fingerprint density at radius 1 is 1.15 bits per heavy atom. The molecule has 0 radical (unpaired) electrons. The van der Waals surface area contributed by atoms with Gasteiger partial charge in [0, 0.05) is 24.9 Å². The zero-order valence-electron chi connectivity index (χ0n) is 19.1. The van der Waals surface area contributed by atoms with Gasteiger partial charge in [-0.15, -0.1) is 10.2 Å². The Hall–Kier alpha value is -2.74. The van der Waals surface area contributed by atoms with Crippen molar-refractivity contribution in [2.45, 2.75) is 37.4 Å². The van der Waals surface area contributed by atoms with E-state index in [0.29, 0.717) is 35.6 Å². The monoisotopic (exact) mass is 508 g/mol. The van der Waals surface area contributed by atoms with Gasteiger partial charge in [0.05, 0.1) is 43.1 Å². The maximum atomic E-state index is 13.3. The van der Waals surface area contributed by atoms with Crippen LogP contribution in [0.25, 0.3) is 5.69 Å². The van der Waals surface area contributed by atoms with Crippen molar-refractivity contribution in [3.05, 3.63) is 35.4 Å². The fourth-order valence-corrected chi connectivity index (χ4v) is 4.65. The summed E-state index contributed by atoms with van der Waals surface area (Å²) >= 11 is 4.31. The number of hydrogen-bond donors (Lipinski definition) is 1. The van der Waals surface area contributed by atoms with Crippen LogP contribution in [0, 0.1) is 0 Å². The Kier molecular flexibility index (Phi) is 7.66. The van der Waals surface area contributed by atoms with Crippen molar-refractivity contribution in [3.63, 3.8) is 0 Å². The maximum Gasteiger partial charge on any atom is 0.271 e. The topological polar surface area (TPSA) is 145 Å². The number of halogens is 1. The highest BCUT2D eigenvalue weighted by atomic mass is 35.5. The van der Waals surface area contributed by atoms with Crippen molar-refractivity contribution in [2.24, 2.45) is 0 Å². The zero-order valence-corrected chi connectivity index (χ0v) is 20.7. The van der Waals surface area contributed by atoms with Crippen molar-refractivity contribution in [2.75, 3.05) is 32.2 Å². The van der Waals surface area contributed by atoms with Gasteiger partial charge in [-0.1, -0.05) is 18.5 Å². The highest BCUT2D eigenvalue weighted by molar-refractivity contribution is 7.93. The number of nitrogens with zero attached hydrogens (tertiary/aromatic N) is 7. The Labute approximate surface area is 204 Å². The first-order chi connectivity index (χ1) is 16.4. The molecule has 0 aliphatic carbocycles. The largest absolute Gasteiger partial charge is 0.593 e. The zero-order chi connectivity index (χ0) is 24.2. The molecular formula is C20H25ClN8O4S. The standard InChI is InChI=1S/C20H25ClN8O4S/c1-11(16-22-7-14(21)8-23-16)12(2)34(30)28-20-27-26-17(13-5-6-33-9-13)29(20)15-18(31-3)24-10-25-19(15)32-4/h7-8,10-13H,5-6,9H2,1-4H3,(H,27,28)/t11?,12-,13?,34?/m0/s1. The predicted molar refractivity (Wildman–Crippen MR) is 125 cm³/mol. The number of methoxy groups -OCH3 is 2. The van der Waals surface area contributed by atoms with Crippen LogP contribution < -0.4 is 14.2 Å². The van der Waals surface area contributed by atoms with Crippen LogP contribution in [0.1, 0.15) is 43.8 Å². The molecule has 182 valence electrons. The van der Waals surface area contributed by atoms with E-state index in [4.69, 9.17) is 25.8 Å². The van der Waals surface area contributed by atoms with Crippen molar-refractivity contribution < 1.29 is 18.8 Å². The van der Waals surface area contributed by atoms with Crippen molar-refractivity contribution in [3.8, 4) is 17.4 Å². The molecule has 1 fully saturated rings. The lowest BCUT2D eigenvalue weighted by molar-refractivity contribution is 0.193. The predicted octanol–water partition coefficient (Wildman–Crippen LogP) is 2.29. The summed E-state index contributed by atoms with van der Waals surface area (Å²) in [5.41, 5.74) is 0.403. The van der Waals surface area contributed by atoms with Gasteiger partial charge in [-0.2, -0.15) is 14.7 Å². The Morgan fingerprint density at radius 2 is 1.82 bits per heavy atom. The molecule has 0 saturated carbocycles. The quantitative estimate of drug-likeness (QED) is 0.425. The molecule has 0 amide bonds. The molecule has 12 nitrogen and oxygen atoms in total. The first-order valence-corrected chi connectivity index (χ1v) is 12.1. The van der Waals surface area contributed by atoms with Crippen LogP contribution in [0.5, 0.6) is 11.8 Å². The van der Waals surface area contributed by atoms with Crippen LogP contribution in [-0.2, 0) is 16.1 Å². The number of anilines is 1. The molecular weight excluding hydrogens is 484 g/mol. The molecule has 3 aromatic heterocycles. The van der Waals surface area contributed by atoms with Crippen LogP contribution in [0.2, 0.25) is 5.02 Å². The van der Waals surface area contributed by atoms with E-state index in [9.17, 15) is 4.55 Å². The minimum absolute atomic E-state index is 0.0232. The first-order valence-electron chi connectivity index (χ1n) is 10.6. The summed E-state index contributed by atoms with van der Waals surface area (Å²) in [6.45, 7) is 4.84. The first kappa shape index (κ1) is 24.4. The number of ether oxygens (including phenoxy) is 3. The normalized spacial score (nSPS) is 18.4. The summed E-state index contributed by atoms with van der Waals surface area (Å²) in [5.74, 6) is 1.65. The van der Waals surface area contributed by atoms with Crippen molar-refractivity contribution >= 4 is 28.9 Å². The molecule has 0 spiro atoms. The lowest BCUT2D eigenvalue weighted by atomic mass is 10.1. The van der Waals surface area contributed by atoms with Gasteiger partial charge in [0.1, 0.15) is 23.2 Å². The Balaban J connectivity index is 1.69. The summed E-state index contributed by atoms with van der Waals surface area (Å²) in [4.78, 5) is 16.9. The van der Waals surface area contributed by atoms with E-state index in [1.165, 1.54) is 32.9 Å². The van der Waals surface area contributed by atoms with Crippen LogP contribution >= 0.6 is 11.6 Å². The maximum absolute atomic E-state index is 13.3. The smallest absolute Gasteiger partial charge is 0.271 e. The highest BCUT2D eigenvalue weighted by Crippen LogP contribution is 2.36. The van der Waals surface area contributed by atoms with E-state index >= 15 is 0 Å². The van der Waals surface area contributed by atoms with Crippen LogP contribution in [-0.4, -0.2) is 71.9 Å². The number of hydrogen-bond acceptors (Lipinski definition) is 11. The lowest BCUT2D eigenvalue weighted by Gasteiger charge is -2.23. The van der Waals surface area contributed by atoms with Gasteiger partial charge >= 0.3 is 0 Å². The van der Waals surface area contributed by atoms with Crippen LogP contribution in [0.3, 0.4) is 0 Å². The molecule has 1 aliphatic rings. The van der Waals surface area contributed by atoms with Crippen molar-refractivity contribution in [1.82, 2.24) is 34.7 Å². The molecule has 4 rings (SSSR count). The average Bonchev–Trinajstić information content (AvgIpc) is 3.53. The minimum Gasteiger partial charge on any atom is -0.593 e. The second-order valence-electron chi connectivity index (χ2n) is 7.67. The van der Waals surface area contributed by atoms with Gasteiger partial charge in [-0.3, -0.25) is 4.57 Å². The van der Waals surface area contributed by atoms with Gasteiger partial charge in [0.15, 0.2) is 5.69 Å². The van der Waals surface area contributed by atoms with Gasteiger partial charge < -0.3 is 18.8 Å². The fraction of sp³-hybridized carbons (Fsp3) is 0.500. The summed E-state index contributed by atoms with van der Waals surface area (Å²) in [6.07, 6.45) is 5.14. The van der Waals surface area contributed by atoms with Gasteiger partial charge in [-0.05, 0) is 13.3 Å². The molecule has 34 heavy (non-hydrogen) atoms. The van der Waals surface area contributed by atoms with E-state index < -0.39 is 11.4 Å². The minimum atomic E-state index is -1.58. The third kappa shape index (κ3) is 4.87. The molecule has 0 bridgehead atoms. The fourth-order valence-electron chi connectivity index (χ4n) is 3.56. The molecule has 4 heterocycles. The van der Waals surface area contributed by atoms with E-state index in [1.54, 1.807) is 4.57 Å². The second kappa shape index (κ2) is 10.7.